The first-order chi connectivity index (χ1) is 11.4. The Bertz CT molecular complexity index is 638. The van der Waals surface area contributed by atoms with Gasteiger partial charge in [0.25, 0.3) is 0 Å². The fourth-order valence-corrected chi connectivity index (χ4v) is 6.01. The van der Waals surface area contributed by atoms with Crippen LogP contribution in [0.15, 0.2) is 12.1 Å². The Morgan fingerprint density at radius 3 is 2.29 bits per heavy atom. The van der Waals surface area contributed by atoms with E-state index in [9.17, 15) is 4.79 Å². The lowest BCUT2D eigenvalue weighted by Gasteiger charge is -2.57. The zero-order valence-electron chi connectivity index (χ0n) is 14.0. The van der Waals surface area contributed by atoms with Crippen LogP contribution in [0.25, 0.3) is 0 Å². The average Bonchev–Trinajstić information content (AvgIpc) is 2.52. The van der Waals surface area contributed by atoms with E-state index in [2.05, 4.69) is 10.6 Å². The van der Waals surface area contributed by atoms with E-state index >= 15 is 0 Å². The summed E-state index contributed by atoms with van der Waals surface area (Å²) in [6.45, 7) is 2.23. The normalized spacial score (nSPS) is 33.7. The largest absolute Gasteiger partial charge is 0.322 e. The molecule has 24 heavy (non-hydrogen) atoms. The standard InChI is InChI=1S/C19H24Cl2N2O/c1-11-2-3-15(20)18(17(11)21)23-16(24)10-22-19-7-12-4-13(8-19)6-14(5-12)9-19/h2-3,12-14,22H,4-10H2,1H3,(H,23,24). The van der Waals surface area contributed by atoms with Crippen LogP contribution < -0.4 is 10.6 Å². The van der Waals surface area contributed by atoms with Crippen LogP contribution in [0.1, 0.15) is 44.1 Å². The Labute approximate surface area is 153 Å². The van der Waals surface area contributed by atoms with Crippen LogP contribution in [0.3, 0.4) is 0 Å². The maximum absolute atomic E-state index is 12.4. The van der Waals surface area contributed by atoms with Crippen LogP contribution in [-0.2, 0) is 4.79 Å². The first-order valence-corrected chi connectivity index (χ1v) is 9.69. The molecule has 0 aliphatic heterocycles. The molecule has 2 N–H and O–H groups in total. The second kappa shape index (κ2) is 6.19. The highest BCUT2D eigenvalue weighted by Gasteiger charge is 2.50. The summed E-state index contributed by atoms with van der Waals surface area (Å²) in [5, 5.41) is 7.49. The van der Waals surface area contributed by atoms with Crippen LogP contribution in [-0.4, -0.2) is 18.0 Å². The molecule has 4 saturated carbocycles. The van der Waals surface area contributed by atoms with Crippen molar-refractivity contribution in [3.05, 3.63) is 27.7 Å². The van der Waals surface area contributed by atoms with E-state index in [0.717, 1.165) is 23.3 Å². The van der Waals surface area contributed by atoms with Gasteiger partial charge in [-0.25, -0.2) is 0 Å². The molecule has 0 unspecified atom stereocenters. The minimum atomic E-state index is -0.0693. The molecule has 4 fully saturated rings. The molecule has 0 radical (unpaired) electrons. The molecule has 0 spiro atoms. The Morgan fingerprint density at radius 2 is 1.71 bits per heavy atom. The molecule has 1 aromatic carbocycles. The van der Waals surface area contributed by atoms with Gasteiger partial charge in [-0.15, -0.1) is 0 Å². The topological polar surface area (TPSA) is 41.1 Å². The monoisotopic (exact) mass is 366 g/mol. The number of carbonyl (C=O) groups is 1. The number of hydrogen-bond acceptors (Lipinski definition) is 2. The zero-order valence-corrected chi connectivity index (χ0v) is 15.5. The highest BCUT2D eigenvalue weighted by atomic mass is 35.5. The van der Waals surface area contributed by atoms with Crippen molar-refractivity contribution in [1.29, 1.82) is 0 Å². The Kier molecular flexibility index (Phi) is 4.30. The summed E-state index contributed by atoms with van der Waals surface area (Å²) in [5.41, 5.74) is 1.62. The van der Waals surface area contributed by atoms with Crippen molar-refractivity contribution >= 4 is 34.8 Å². The van der Waals surface area contributed by atoms with E-state index in [1.165, 1.54) is 38.5 Å². The fraction of sp³-hybridized carbons (Fsp3) is 0.632. The van der Waals surface area contributed by atoms with Crippen LogP contribution >= 0.6 is 23.2 Å². The third kappa shape index (κ3) is 3.07. The lowest BCUT2D eigenvalue weighted by Crippen LogP contribution is -2.59. The van der Waals surface area contributed by atoms with Crippen LogP contribution in [0.2, 0.25) is 10.0 Å². The van der Waals surface area contributed by atoms with Crippen LogP contribution in [0, 0.1) is 24.7 Å². The SMILES string of the molecule is Cc1ccc(Cl)c(NC(=O)CNC23CC4CC(CC(C4)C2)C3)c1Cl. The summed E-state index contributed by atoms with van der Waals surface area (Å²) in [5.74, 6) is 2.53. The number of benzene rings is 1. The highest BCUT2D eigenvalue weighted by Crippen LogP contribution is 2.55. The maximum atomic E-state index is 12.4. The second-order valence-corrected chi connectivity index (χ2v) is 8.94. The molecule has 0 heterocycles. The van der Waals surface area contributed by atoms with Gasteiger partial charge < -0.3 is 10.6 Å². The van der Waals surface area contributed by atoms with Crippen molar-refractivity contribution < 1.29 is 4.79 Å². The van der Waals surface area contributed by atoms with E-state index in [1.54, 1.807) is 6.07 Å². The Balaban J connectivity index is 1.40. The molecule has 4 bridgehead atoms. The summed E-state index contributed by atoms with van der Waals surface area (Å²) >= 11 is 12.5. The number of amides is 1. The molecule has 1 aromatic rings. The summed E-state index contributed by atoms with van der Waals surface area (Å²) in [6, 6.07) is 3.62. The number of anilines is 1. The molecular formula is C19H24Cl2N2O. The molecule has 5 rings (SSSR count). The van der Waals surface area contributed by atoms with Gasteiger partial charge in [0.15, 0.2) is 0 Å². The molecule has 130 valence electrons. The highest BCUT2D eigenvalue weighted by molar-refractivity contribution is 6.40. The first-order valence-electron chi connectivity index (χ1n) is 8.93. The van der Waals surface area contributed by atoms with Crippen molar-refractivity contribution in [2.75, 3.05) is 11.9 Å². The van der Waals surface area contributed by atoms with Crippen molar-refractivity contribution in [1.82, 2.24) is 5.32 Å². The van der Waals surface area contributed by atoms with Crippen molar-refractivity contribution in [3.63, 3.8) is 0 Å². The Morgan fingerprint density at radius 1 is 1.12 bits per heavy atom. The third-order valence-electron chi connectivity index (χ3n) is 6.21. The lowest BCUT2D eigenvalue weighted by molar-refractivity contribution is -0.116. The zero-order chi connectivity index (χ0) is 16.9. The minimum absolute atomic E-state index is 0.0693. The molecule has 1 amide bonds. The smallest absolute Gasteiger partial charge is 0.238 e. The van der Waals surface area contributed by atoms with Gasteiger partial charge in [-0.3, -0.25) is 4.79 Å². The Hall–Kier alpha value is -0.770. The lowest BCUT2D eigenvalue weighted by atomic mass is 9.53. The van der Waals surface area contributed by atoms with Gasteiger partial charge in [-0.2, -0.15) is 0 Å². The molecular weight excluding hydrogens is 343 g/mol. The number of rotatable bonds is 4. The van der Waals surface area contributed by atoms with Crippen LogP contribution in [0.4, 0.5) is 5.69 Å². The summed E-state index contributed by atoms with van der Waals surface area (Å²) in [4.78, 5) is 12.4. The summed E-state index contributed by atoms with van der Waals surface area (Å²) in [6.07, 6.45) is 7.92. The quantitative estimate of drug-likeness (QED) is 0.803. The van der Waals surface area contributed by atoms with E-state index in [1.807, 2.05) is 13.0 Å². The number of carbonyl (C=O) groups excluding carboxylic acids is 1. The molecule has 3 nitrogen and oxygen atoms in total. The van der Waals surface area contributed by atoms with Gasteiger partial charge in [0.05, 0.1) is 22.3 Å². The van der Waals surface area contributed by atoms with E-state index in [-0.39, 0.29) is 11.4 Å². The molecule has 0 aromatic heterocycles. The number of nitrogens with one attached hydrogen (secondary N) is 2. The minimum Gasteiger partial charge on any atom is -0.322 e. The molecule has 0 saturated heterocycles. The summed E-state index contributed by atoms with van der Waals surface area (Å²) < 4.78 is 0. The van der Waals surface area contributed by atoms with Gasteiger partial charge in [0.2, 0.25) is 5.91 Å². The maximum Gasteiger partial charge on any atom is 0.238 e. The van der Waals surface area contributed by atoms with Crippen LogP contribution in [0.5, 0.6) is 0 Å². The number of hydrogen-bond donors (Lipinski definition) is 2. The molecule has 0 atom stereocenters. The fourth-order valence-electron chi connectivity index (χ4n) is 5.55. The van der Waals surface area contributed by atoms with Gasteiger partial charge in [-0.1, -0.05) is 29.3 Å². The predicted molar refractivity (Wildman–Crippen MR) is 98.7 cm³/mol. The molecule has 4 aliphatic carbocycles. The van der Waals surface area contributed by atoms with Crippen molar-refractivity contribution in [3.8, 4) is 0 Å². The van der Waals surface area contributed by atoms with Crippen molar-refractivity contribution in [2.45, 2.75) is 51.0 Å². The van der Waals surface area contributed by atoms with E-state index in [4.69, 9.17) is 23.2 Å². The van der Waals surface area contributed by atoms with E-state index < -0.39 is 0 Å². The van der Waals surface area contributed by atoms with E-state index in [0.29, 0.717) is 22.3 Å². The van der Waals surface area contributed by atoms with Gasteiger partial charge >= 0.3 is 0 Å². The van der Waals surface area contributed by atoms with Crippen molar-refractivity contribution in [2.24, 2.45) is 17.8 Å². The number of aryl methyl sites for hydroxylation is 1. The summed E-state index contributed by atoms with van der Waals surface area (Å²) in [7, 11) is 0. The second-order valence-electron chi connectivity index (χ2n) is 8.15. The average molecular weight is 367 g/mol. The number of halogens is 2. The van der Waals surface area contributed by atoms with Gasteiger partial charge in [0, 0.05) is 5.54 Å². The predicted octanol–water partition coefficient (Wildman–Crippen LogP) is 4.80. The molecule has 4 aliphatic rings. The third-order valence-corrected chi connectivity index (χ3v) is 7.01. The van der Waals surface area contributed by atoms with Gasteiger partial charge in [-0.05, 0) is 74.8 Å². The van der Waals surface area contributed by atoms with Gasteiger partial charge in [0.1, 0.15) is 0 Å². The first kappa shape index (κ1) is 16.7. The molecule has 5 heteroatoms.